The van der Waals surface area contributed by atoms with E-state index < -0.39 is 77.8 Å². The molecule has 13 N–H and O–H groups in total. The van der Waals surface area contributed by atoms with Gasteiger partial charge in [0.1, 0.15) is 30.2 Å². The number of nitrogens with one attached hydrogen (secondary N) is 6. The lowest BCUT2D eigenvalue weighted by Crippen LogP contribution is -2.61. The highest BCUT2D eigenvalue weighted by molar-refractivity contribution is 8.76. The number of nitrogens with two attached hydrogens (primary N) is 3. The van der Waals surface area contributed by atoms with Crippen molar-refractivity contribution in [2.24, 2.45) is 17.2 Å². The SMILES string of the molecule is C[C@@H](O)[C@H](NC(=O)C1CSSC[C@H](NC(=O)[C@H](N)Cc2ccccc2)C(=O)N[C@H](Cc2c[nH]c3ccccc23)C(=O)N[C@@H](CCCCN)C(=O)N1)C(N)=O. The number of fused-ring (bicyclic) bond motifs is 1. The molecule has 2 heterocycles. The summed E-state index contributed by atoms with van der Waals surface area (Å²) in [6, 6.07) is 9.47. The minimum Gasteiger partial charge on any atom is -0.391 e. The van der Waals surface area contributed by atoms with E-state index in [-0.39, 0.29) is 30.8 Å². The molecule has 6 amide bonds. The van der Waals surface area contributed by atoms with Crippen LogP contribution in [-0.4, -0.2) is 106 Å². The van der Waals surface area contributed by atoms with E-state index >= 15 is 0 Å². The minimum atomic E-state index is -1.44. The number of carbonyl (C=O) groups is 6. The highest BCUT2D eigenvalue weighted by Crippen LogP contribution is 2.24. The van der Waals surface area contributed by atoms with Gasteiger partial charge < -0.3 is 53.9 Å². The van der Waals surface area contributed by atoms with Crippen molar-refractivity contribution in [1.82, 2.24) is 31.6 Å². The lowest BCUT2D eigenvalue weighted by molar-refractivity contribution is -0.135. The van der Waals surface area contributed by atoms with E-state index in [1.807, 2.05) is 54.6 Å². The molecule has 0 bridgehead atoms. The number of aromatic nitrogens is 1. The number of benzene rings is 2. The summed E-state index contributed by atoms with van der Waals surface area (Å²) in [5.74, 6) is -4.42. The third kappa shape index (κ3) is 12.2. The number of aromatic amines is 1. The number of hydrogen-bond donors (Lipinski definition) is 10. The monoisotopic (exact) mass is 783 g/mol. The first-order valence-corrected chi connectivity index (χ1v) is 20.1. The van der Waals surface area contributed by atoms with Crippen molar-refractivity contribution in [2.45, 2.75) is 81.4 Å². The number of amides is 6. The summed E-state index contributed by atoms with van der Waals surface area (Å²) in [5, 5.41) is 24.3. The fraction of sp³-hybridized carbons (Fsp3) is 0.444. The van der Waals surface area contributed by atoms with Gasteiger partial charge in [0.15, 0.2) is 0 Å². The summed E-state index contributed by atoms with van der Waals surface area (Å²) >= 11 is 0. The van der Waals surface area contributed by atoms with E-state index in [2.05, 4.69) is 31.6 Å². The van der Waals surface area contributed by atoms with E-state index in [1.165, 1.54) is 6.92 Å². The van der Waals surface area contributed by atoms with Gasteiger partial charge in [0, 0.05) is 35.0 Å². The standard InChI is InChI=1S/C36H49N9O7S2/c1-20(46)30(31(39)47)45-36(52)29-19-54-53-18-28(43-32(48)24(38)15-21-9-3-2-4-10-21)35(51)42-27(16-22-17-40-25-12-6-5-11-23(22)25)34(50)41-26(33(49)44-29)13-7-8-14-37/h2-6,9-12,17,20,24,26-30,40,46H,7-8,13-16,18-19,37-38H2,1H3,(H2,39,47)(H,41,50)(H,42,51)(H,43,48)(H,44,49)(H,45,52)/t20-,24-,26+,27-,28+,29?,30+/m1/s1. The van der Waals surface area contributed by atoms with Gasteiger partial charge in [-0.3, -0.25) is 28.8 Å². The predicted octanol–water partition coefficient (Wildman–Crippen LogP) is -0.905. The molecule has 4 rings (SSSR count). The Labute approximate surface area is 321 Å². The Morgan fingerprint density at radius 3 is 2.28 bits per heavy atom. The topological polar surface area (TPSA) is 277 Å². The van der Waals surface area contributed by atoms with Crippen LogP contribution >= 0.6 is 21.6 Å². The van der Waals surface area contributed by atoms with Crippen LogP contribution in [0.25, 0.3) is 10.9 Å². The third-order valence-electron chi connectivity index (χ3n) is 8.85. The van der Waals surface area contributed by atoms with Crippen LogP contribution in [0.1, 0.15) is 37.3 Å². The summed E-state index contributed by atoms with van der Waals surface area (Å²) in [7, 11) is 2.27. The fourth-order valence-electron chi connectivity index (χ4n) is 5.83. The summed E-state index contributed by atoms with van der Waals surface area (Å²) in [5.41, 5.74) is 19.7. The molecule has 1 aromatic heterocycles. The van der Waals surface area contributed by atoms with E-state index in [1.54, 1.807) is 6.20 Å². The highest BCUT2D eigenvalue weighted by atomic mass is 33.1. The smallest absolute Gasteiger partial charge is 0.244 e. The Bertz CT molecular complexity index is 1760. The van der Waals surface area contributed by atoms with Crippen molar-refractivity contribution < 1.29 is 33.9 Å². The first kappa shape index (κ1) is 42.1. The number of aliphatic hydroxyl groups is 1. The summed E-state index contributed by atoms with van der Waals surface area (Å²) in [6.07, 6.45) is 1.84. The van der Waals surface area contributed by atoms with Gasteiger partial charge in [-0.2, -0.15) is 0 Å². The van der Waals surface area contributed by atoms with E-state index in [9.17, 15) is 33.9 Å². The van der Waals surface area contributed by atoms with Crippen LogP contribution < -0.4 is 43.8 Å². The lowest BCUT2D eigenvalue weighted by Gasteiger charge is -2.28. The van der Waals surface area contributed by atoms with E-state index in [4.69, 9.17) is 17.2 Å². The number of rotatable bonds is 14. The number of aliphatic hydroxyl groups excluding tert-OH is 1. The Hall–Kier alpha value is -4.62. The van der Waals surface area contributed by atoms with E-state index in [0.717, 1.165) is 43.6 Å². The zero-order valence-electron chi connectivity index (χ0n) is 29.9. The maximum atomic E-state index is 14.1. The van der Waals surface area contributed by atoms with Crippen LogP contribution in [0.3, 0.4) is 0 Å². The molecule has 1 fully saturated rings. The summed E-state index contributed by atoms with van der Waals surface area (Å²) in [4.78, 5) is 83.9. The van der Waals surface area contributed by atoms with Gasteiger partial charge in [0.25, 0.3) is 0 Å². The molecule has 7 atom stereocenters. The molecule has 1 saturated heterocycles. The van der Waals surface area contributed by atoms with Crippen LogP contribution in [-0.2, 0) is 41.6 Å². The maximum Gasteiger partial charge on any atom is 0.244 e. The number of unbranched alkanes of at least 4 members (excludes halogenated alkanes) is 1. The molecule has 16 nitrogen and oxygen atoms in total. The van der Waals surface area contributed by atoms with Gasteiger partial charge in [0.05, 0.1) is 12.1 Å². The van der Waals surface area contributed by atoms with E-state index in [0.29, 0.717) is 19.4 Å². The van der Waals surface area contributed by atoms with Crippen molar-refractivity contribution in [2.75, 3.05) is 18.1 Å². The molecule has 3 aromatic rings. The molecule has 0 aliphatic carbocycles. The fourth-order valence-corrected chi connectivity index (χ4v) is 8.16. The Morgan fingerprint density at radius 2 is 1.57 bits per heavy atom. The quantitative estimate of drug-likeness (QED) is 0.0707. The molecule has 54 heavy (non-hydrogen) atoms. The average Bonchev–Trinajstić information content (AvgIpc) is 3.55. The number of H-pyrrole nitrogens is 1. The van der Waals surface area contributed by atoms with Crippen molar-refractivity contribution in [3.8, 4) is 0 Å². The average molecular weight is 784 g/mol. The normalized spacial score (nSPS) is 21.7. The molecule has 1 aliphatic heterocycles. The number of hydrogen-bond acceptors (Lipinski definition) is 11. The second-order valence-corrected chi connectivity index (χ2v) is 15.6. The highest BCUT2D eigenvalue weighted by Gasteiger charge is 2.34. The van der Waals surface area contributed by atoms with Crippen molar-refractivity contribution in [3.05, 3.63) is 71.9 Å². The number of para-hydroxylation sites is 1. The van der Waals surface area contributed by atoms with Crippen LogP contribution in [0.5, 0.6) is 0 Å². The summed E-state index contributed by atoms with van der Waals surface area (Å²) < 4.78 is 0. The van der Waals surface area contributed by atoms with Crippen LogP contribution in [0.4, 0.5) is 0 Å². The molecule has 2 aromatic carbocycles. The number of carbonyl (C=O) groups excluding carboxylic acids is 6. The second-order valence-electron chi connectivity index (χ2n) is 13.1. The molecule has 1 aliphatic rings. The van der Waals surface area contributed by atoms with Crippen molar-refractivity contribution in [3.63, 3.8) is 0 Å². The minimum absolute atomic E-state index is 0.0106. The van der Waals surface area contributed by atoms with Gasteiger partial charge >= 0.3 is 0 Å². The van der Waals surface area contributed by atoms with Crippen molar-refractivity contribution in [1.29, 1.82) is 0 Å². The molecule has 292 valence electrons. The third-order valence-corrected chi connectivity index (χ3v) is 11.3. The van der Waals surface area contributed by atoms with Gasteiger partial charge in [0.2, 0.25) is 35.4 Å². The zero-order valence-corrected chi connectivity index (χ0v) is 31.6. The second kappa shape index (κ2) is 20.7. The van der Waals surface area contributed by atoms with Crippen LogP contribution in [0.15, 0.2) is 60.8 Å². The molecule has 0 saturated carbocycles. The molecule has 1 unspecified atom stereocenters. The van der Waals surface area contributed by atoms with Crippen LogP contribution in [0.2, 0.25) is 0 Å². The van der Waals surface area contributed by atoms with Gasteiger partial charge in [-0.05, 0) is 56.3 Å². The molecular formula is C36H49N9O7S2. The first-order valence-electron chi connectivity index (χ1n) is 17.7. The van der Waals surface area contributed by atoms with Gasteiger partial charge in [-0.25, -0.2) is 0 Å². The van der Waals surface area contributed by atoms with Gasteiger partial charge in [-0.1, -0.05) is 70.1 Å². The Morgan fingerprint density at radius 1 is 0.907 bits per heavy atom. The Kier molecular flexibility index (Phi) is 16.2. The Balaban J connectivity index is 1.65. The molecule has 0 radical (unpaired) electrons. The lowest BCUT2D eigenvalue weighted by atomic mass is 10.0. The summed E-state index contributed by atoms with van der Waals surface area (Å²) in [6.45, 7) is 1.63. The van der Waals surface area contributed by atoms with Crippen LogP contribution in [0, 0.1) is 0 Å². The molecule has 0 spiro atoms. The molecule has 18 heteroatoms. The maximum absolute atomic E-state index is 14.1. The number of primary amides is 1. The zero-order chi connectivity index (χ0) is 39.2. The molecular weight excluding hydrogens is 735 g/mol. The van der Waals surface area contributed by atoms with Gasteiger partial charge in [-0.15, -0.1) is 0 Å². The van der Waals surface area contributed by atoms with Crippen molar-refractivity contribution >= 4 is 67.9 Å². The predicted molar refractivity (Wildman–Crippen MR) is 208 cm³/mol. The first-order chi connectivity index (χ1) is 25.9. The largest absolute Gasteiger partial charge is 0.391 e.